The molecular weight excluding hydrogens is 240 g/mol. The molecule has 96 valence electrons. The van der Waals surface area contributed by atoms with Gasteiger partial charge >= 0.3 is 0 Å². The number of nitrogens with one attached hydrogen (secondary N) is 3. The highest BCUT2D eigenvalue weighted by molar-refractivity contribution is 7.90. The van der Waals surface area contributed by atoms with Gasteiger partial charge < -0.3 is 5.32 Å². The van der Waals surface area contributed by atoms with Crippen LogP contribution in [0.1, 0.15) is 31.4 Å². The third-order valence-electron chi connectivity index (χ3n) is 3.09. The van der Waals surface area contributed by atoms with E-state index in [2.05, 4.69) is 20.2 Å². The molecule has 1 saturated heterocycles. The second-order valence-corrected chi connectivity index (χ2v) is 6.36. The molecule has 0 aliphatic carbocycles. The zero-order valence-electron chi connectivity index (χ0n) is 9.81. The Kier molecular flexibility index (Phi) is 3.80. The molecule has 0 bridgehead atoms. The highest BCUT2D eigenvalue weighted by Crippen LogP contribution is 2.17. The quantitative estimate of drug-likeness (QED) is 0.717. The first-order valence-electron chi connectivity index (χ1n) is 5.80. The summed E-state index contributed by atoms with van der Waals surface area (Å²) in [6.45, 7) is 3.36. The van der Waals surface area contributed by atoms with Crippen LogP contribution in [0.3, 0.4) is 0 Å². The van der Waals surface area contributed by atoms with Gasteiger partial charge in [-0.25, -0.2) is 13.1 Å². The average Bonchev–Trinajstić information content (AvgIpc) is 2.83. The van der Waals surface area contributed by atoms with Gasteiger partial charge in [-0.2, -0.15) is 5.10 Å². The minimum Gasteiger partial charge on any atom is -0.317 e. The Morgan fingerprint density at radius 3 is 2.76 bits per heavy atom. The third kappa shape index (κ3) is 3.05. The van der Waals surface area contributed by atoms with E-state index in [4.69, 9.17) is 0 Å². The van der Waals surface area contributed by atoms with Gasteiger partial charge in [0.05, 0.1) is 11.4 Å². The topological polar surface area (TPSA) is 86.9 Å². The highest BCUT2D eigenvalue weighted by atomic mass is 32.2. The average molecular weight is 258 g/mol. The van der Waals surface area contributed by atoms with Crippen LogP contribution in [0.4, 0.5) is 0 Å². The Hall–Kier alpha value is -0.920. The van der Waals surface area contributed by atoms with Gasteiger partial charge in [0, 0.05) is 17.8 Å². The summed E-state index contributed by atoms with van der Waals surface area (Å²) in [5, 5.41) is 9.38. The zero-order valence-corrected chi connectivity index (χ0v) is 10.6. The lowest BCUT2D eigenvalue weighted by atomic mass is 10.2. The monoisotopic (exact) mass is 258 g/mol. The van der Waals surface area contributed by atoms with Gasteiger partial charge in [-0.15, -0.1) is 0 Å². The number of aromatic nitrogens is 2. The van der Waals surface area contributed by atoms with E-state index in [1.807, 2.05) is 6.92 Å². The van der Waals surface area contributed by atoms with E-state index >= 15 is 0 Å². The SMILES string of the molecule is CC(NS(=O)(=O)C1CCNCC1)c1cn[nH]c1. The van der Waals surface area contributed by atoms with Crippen LogP contribution in [0.25, 0.3) is 0 Å². The van der Waals surface area contributed by atoms with Crippen LogP contribution in [-0.4, -0.2) is 37.0 Å². The Morgan fingerprint density at radius 2 is 2.18 bits per heavy atom. The van der Waals surface area contributed by atoms with E-state index in [0.29, 0.717) is 12.8 Å². The van der Waals surface area contributed by atoms with Crippen molar-refractivity contribution in [3.8, 4) is 0 Å². The summed E-state index contributed by atoms with van der Waals surface area (Å²) in [5.41, 5.74) is 0.850. The summed E-state index contributed by atoms with van der Waals surface area (Å²) in [5.74, 6) is 0. The second kappa shape index (κ2) is 5.16. The van der Waals surface area contributed by atoms with Crippen molar-refractivity contribution < 1.29 is 8.42 Å². The Bertz CT molecular complexity index is 437. The molecule has 17 heavy (non-hydrogen) atoms. The predicted molar refractivity (Wildman–Crippen MR) is 64.9 cm³/mol. The normalized spacial score (nSPS) is 20.3. The number of rotatable bonds is 4. The van der Waals surface area contributed by atoms with Crippen LogP contribution in [-0.2, 0) is 10.0 Å². The van der Waals surface area contributed by atoms with Crippen molar-refractivity contribution in [1.29, 1.82) is 0 Å². The summed E-state index contributed by atoms with van der Waals surface area (Å²) in [6.07, 6.45) is 4.69. The number of hydrogen-bond donors (Lipinski definition) is 3. The molecule has 2 rings (SSSR count). The van der Waals surface area contributed by atoms with E-state index in [0.717, 1.165) is 18.7 Å². The van der Waals surface area contributed by atoms with Crippen LogP contribution in [0, 0.1) is 0 Å². The van der Waals surface area contributed by atoms with Crippen LogP contribution in [0.15, 0.2) is 12.4 Å². The van der Waals surface area contributed by atoms with Crippen LogP contribution >= 0.6 is 0 Å². The molecule has 0 amide bonds. The van der Waals surface area contributed by atoms with E-state index in [9.17, 15) is 8.42 Å². The maximum absolute atomic E-state index is 12.1. The highest BCUT2D eigenvalue weighted by Gasteiger charge is 2.28. The Morgan fingerprint density at radius 1 is 1.47 bits per heavy atom. The van der Waals surface area contributed by atoms with Crippen molar-refractivity contribution in [1.82, 2.24) is 20.2 Å². The van der Waals surface area contributed by atoms with Gasteiger partial charge in [-0.3, -0.25) is 5.10 Å². The van der Waals surface area contributed by atoms with Crippen molar-refractivity contribution in [2.24, 2.45) is 0 Å². The number of hydrogen-bond acceptors (Lipinski definition) is 4. The minimum absolute atomic E-state index is 0.242. The molecule has 1 atom stereocenters. The molecule has 2 heterocycles. The van der Waals surface area contributed by atoms with Crippen LogP contribution in [0.2, 0.25) is 0 Å². The van der Waals surface area contributed by atoms with Gasteiger partial charge in [0.2, 0.25) is 10.0 Å². The molecule has 7 heteroatoms. The molecule has 1 fully saturated rings. The molecule has 1 aliphatic rings. The molecule has 3 N–H and O–H groups in total. The van der Waals surface area contributed by atoms with Crippen molar-refractivity contribution in [2.75, 3.05) is 13.1 Å². The van der Waals surface area contributed by atoms with Crippen molar-refractivity contribution in [3.05, 3.63) is 18.0 Å². The fraction of sp³-hybridized carbons (Fsp3) is 0.700. The van der Waals surface area contributed by atoms with E-state index in [1.165, 1.54) is 0 Å². The fourth-order valence-electron chi connectivity index (χ4n) is 2.01. The van der Waals surface area contributed by atoms with Crippen molar-refractivity contribution >= 4 is 10.0 Å². The van der Waals surface area contributed by atoms with Gasteiger partial charge in [-0.05, 0) is 32.9 Å². The lowest BCUT2D eigenvalue weighted by molar-refractivity contribution is 0.484. The minimum atomic E-state index is -3.24. The number of nitrogens with zero attached hydrogens (tertiary/aromatic N) is 1. The smallest absolute Gasteiger partial charge is 0.215 e. The maximum atomic E-state index is 12.1. The first kappa shape index (κ1) is 12.5. The van der Waals surface area contributed by atoms with Gasteiger partial charge in [0.15, 0.2) is 0 Å². The van der Waals surface area contributed by atoms with Crippen molar-refractivity contribution in [2.45, 2.75) is 31.1 Å². The summed E-state index contributed by atoms with van der Waals surface area (Å²) >= 11 is 0. The lowest BCUT2D eigenvalue weighted by Crippen LogP contribution is -2.42. The van der Waals surface area contributed by atoms with E-state index in [-0.39, 0.29) is 11.3 Å². The Balaban J connectivity index is 2.01. The number of piperidine rings is 1. The van der Waals surface area contributed by atoms with Gasteiger partial charge in [-0.1, -0.05) is 0 Å². The standard InChI is InChI=1S/C10H18N4O2S/c1-8(9-6-12-13-7-9)14-17(15,16)10-2-4-11-5-3-10/h6-8,10-11,14H,2-5H2,1H3,(H,12,13). The van der Waals surface area contributed by atoms with Crippen LogP contribution < -0.4 is 10.0 Å². The first-order chi connectivity index (χ1) is 8.09. The number of H-pyrrole nitrogens is 1. The largest absolute Gasteiger partial charge is 0.317 e. The molecule has 1 unspecified atom stereocenters. The maximum Gasteiger partial charge on any atom is 0.215 e. The summed E-state index contributed by atoms with van der Waals surface area (Å²) in [6, 6.07) is -0.242. The second-order valence-electron chi connectivity index (χ2n) is 4.37. The Labute approximate surface area is 101 Å². The molecule has 6 nitrogen and oxygen atoms in total. The van der Waals surface area contributed by atoms with E-state index in [1.54, 1.807) is 12.4 Å². The lowest BCUT2D eigenvalue weighted by Gasteiger charge is -2.24. The van der Waals surface area contributed by atoms with Gasteiger partial charge in [0.25, 0.3) is 0 Å². The molecule has 0 radical (unpaired) electrons. The number of aromatic amines is 1. The summed E-state index contributed by atoms with van der Waals surface area (Å²) in [4.78, 5) is 0. The molecular formula is C10H18N4O2S. The summed E-state index contributed by atoms with van der Waals surface area (Å²) in [7, 11) is -3.24. The third-order valence-corrected chi connectivity index (χ3v) is 5.12. The van der Waals surface area contributed by atoms with Gasteiger partial charge in [0.1, 0.15) is 0 Å². The molecule has 0 aromatic carbocycles. The molecule has 1 aromatic heterocycles. The predicted octanol–water partition coefficient (Wildman–Crippen LogP) is 0.142. The first-order valence-corrected chi connectivity index (χ1v) is 7.35. The van der Waals surface area contributed by atoms with E-state index < -0.39 is 10.0 Å². The van der Waals surface area contributed by atoms with Crippen LogP contribution in [0.5, 0.6) is 0 Å². The van der Waals surface area contributed by atoms with Crippen molar-refractivity contribution in [3.63, 3.8) is 0 Å². The molecule has 0 spiro atoms. The fourth-order valence-corrected chi connectivity index (χ4v) is 3.69. The molecule has 1 aromatic rings. The zero-order chi connectivity index (χ0) is 12.3. The summed E-state index contributed by atoms with van der Waals surface area (Å²) < 4.78 is 27.0. The number of sulfonamides is 1. The molecule has 0 saturated carbocycles. The molecule has 1 aliphatic heterocycles.